The molecule has 1 aromatic carbocycles. The van der Waals surface area contributed by atoms with Crippen LogP contribution in [0.3, 0.4) is 0 Å². The number of likely N-dealkylation sites (tertiary alicyclic amines) is 1. The van der Waals surface area contributed by atoms with Crippen molar-refractivity contribution in [3.8, 4) is 22.9 Å². The van der Waals surface area contributed by atoms with Gasteiger partial charge in [-0.15, -0.1) is 0 Å². The number of aromatic nitrogens is 2. The quantitative estimate of drug-likeness (QED) is 0.865. The first-order chi connectivity index (χ1) is 11.1. The summed E-state index contributed by atoms with van der Waals surface area (Å²) in [5.41, 5.74) is 0.804. The van der Waals surface area contributed by atoms with E-state index in [2.05, 4.69) is 4.98 Å². The normalized spacial score (nSPS) is 19.7. The molecule has 6 nitrogen and oxygen atoms in total. The first-order valence-corrected chi connectivity index (χ1v) is 7.84. The molecule has 7 heteroatoms. The average Bonchev–Trinajstić information content (AvgIpc) is 3.20. The largest absolute Gasteiger partial charge is 0.454 e. The summed E-state index contributed by atoms with van der Waals surface area (Å²) < 4.78 is 12.8. The minimum Gasteiger partial charge on any atom is -0.454 e. The van der Waals surface area contributed by atoms with Gasteiger partial charge < -0.3 is 18.9 Å². The lowest BCUT2D eigenvalue weighted by Gasteiger charge is -2.14. The second kappa shape index (κ2) is 5.45. The molecule has 3 heterocycles. The van der Waals surface area contributed by atoms with E-state index in [-0.39, 0.29) is 18.6 Å². The molecule has 1 amide bonds. The standard InChI is InChI=1S/C16H16ClN3O3/c1-19-7-10(4-15(19)21)8-20-3-2-18-16(20)11-5-13-14(6-12(11)17)23-9-22-13/h2-3,5-6,10H,4,7-9H2,1H3. The van der Waals surface area contributed by atoms with Crippen LogP contribution >= 0.6 is 11.6 Å². The fourth-order valence-corrected chi connectivity index (χ4v) is 3.38. The third-order valence-corrected chi connectivity index (χ3v) is 4.61. The number of halogens is 1. The van der Waals surface area contributed by atoms with Crippen molar-refractivity contribution in [2.45, 2.75) is 13.0 Å². The van der Waals surface area contributed by atoms with Crippen LogP contribution in [-0.4, -0.2) is 40.7 Å². The molecular weight excluding hydrogens is 318 g/mol. The van der Waals surface area contributed by atoms with Crippen molar-refractivity contribution in [1.82, 2.24) is 14.5 Å². The van der Waals surface area contributed by atoms with Crippen molar-refractivity contribution < 1.29 is 14.3 Å². The van der Waals surface area contributed by atoms with Gasteiger partial charge in [0.15, 0.2) is 11.5 Å². The summed E-state index contributed by atoms with van der Waals surface area (Å²) in [4.78, 5) is 17.9. The molecular formula is C16H16ClN3O3. The third-order valence-electron chi connectivity index (χ3n) is 4.29. The number of nitrogens with zero attached hydrogens (tertiary/aromatic N) is 3. The number of carbonyl (C=O) groups excluding carboxylic acids is 1. The Kier molecular flexibility index (Phi) is 3.41. The Morgan fingerprint density at radius 3 is 2.87 bits per heavy atom. The Morgan fingerprint density at radius 1 is 1.35 bits per heavy atom. The van der Waals surface area contributed by atoms with E-state index in [4.69, 9.17) is 21.1 Å². The number of hydrogen-bond acceptors (Lipinski definition) is 4. The Labute approximate surface area is 138 Å². The predicted molar refractivity (Wildman–Crippen MR) is 84.5 cm³/mol. The number of rotatable bonds is 3. The maximum Gasteiger partial charge on any atom is 0.231 e. The molecule has 1 atom stereocenters. The Morgan fingerprint density at radius 2 is 2.13 bits per heavy atom. The number of carbonyl (C=O) groups is 1. The van der Waals surface area contributed by atoms with E-state index in [1.54, 1.807) is 17.2 Å². The number of hydrogen-bond donors (Lipinski definition) is 0. The van der Waals surface area contributed by atoms with E-state index in [1.165, 1.54) is 0 Å². The van der Waals surface area contributed by atoms with E-state index < -0.39 is 0 Å². The van der Waals surface area contributed by atoms with Crippen LogP contribution in [0.15, 0.2) is 24.5 Å². The topological polar surface area (TPSA) is 56.6 Å². The molecule has 1 saturated heterocycles. The van der Waals surface area contributed by atoms with Gasteiger partial charge in [0.1, 0.15) is 5.82 Å². The molecule has 0 spiro atoms. The van der Waals surface area contributed by atoms with Crippen LogP contribution in [0.5, 0.6) is 11.5 Å². The Hall–Kier alpha value is -2.21. The molecule has 0 bridgehead atoms. The second-order valence-corrected chi connectivity index (χ2v) is 6.34. The molecule has 2 aliphatic rings. The smallest absolute Gasteiger partial charge is 0.231 e. The fourth-order valence-electron chi connectivity index (χ4n) is 3.15. The van der Waals surface area contributed by atoms with Gasteiger partial charge in [-0.05, 0) is 6.07 Å². The monoisotopic (exact) mass is 333 g/mol. The molecule has 23 heavy (non-hydrogen) atoms. The molecule has 0 aliphatic carbocycles. The molecule has 0 radical (unpaired) electrons. The second-order valence-electron chi connectivity index (χ2n) is 5.93. The van der Waals surface area contributed by atoms with Gasteiger partial charge in [0.25, 0.3) is 0 Å². The number of imidazole rings is 1. The lowest BCUT2D eigenvalue weighted by molar-refractivity contribution is -0.126. The van der Waals surface area contributed by atoms with Crippen LogP contribution in [0, 0.1) is 5.92 Å². The first-order valence-electron chi connectivity index (χ1n) is 7.46. The minimum atomic E-state index is 0.192. The molecule has 1 aromatic heterocycles. The van der Waals surface area contributed by atoms with Crippen LogP contribution in [-0.2, 0) is 11.3 Å². The highest BCUT2D eigenvalue weighted by Crippen LogP contribution is 2.40. The molecule has 4 rings (SSSR count). The van der Waals surface area contributed by atoms with Crippen LogP contribution in [0.1, 0.15) is 6.42 Å². The highest BCUT2D eigenvalue weighted by Gasteiger charge is 2.28. The minimum absolute atomic E-state index is 0.192. The van der Waals surface area contributed by atoms with Crippen LogP contribution in [0.4, 0.5) is 0 Å². The van der Waals surface area contributed by atoms with Gasteiger partial charge in [-0.3, -0.25) is 4.79 Å². The average molecular weight is 334 g/mol. The molecule has 0 saturated carbocycles. The van der Waals surface area contributed by atoms with Crippen molar-refractivity contribution in [3.63, 3.8) is 0 Å². The maximum atomic E-state index is 11.7. The molecule has 2 aliphatic heterocycles. The summed E-state index contributed by atoms with van der Waals surface area (Å²) in [5.74, 6) is 2.58. The van der Waals surface area contributed by atoms with E-state index in [0.717, 1.165) is 24.5 Å². The molecule has 1 fully saturated rings. The van der Waals surface area contributed by atoms with Gasteiger partial charge in [0.05, 0.1) is 5.02 Å². The summed E-state index contributed by atoms with van der Waals surface area (Å²) in [7, 11) is 1.84. The SMILES string of the molecule is CN1CC(Cn2ccnc2-c2cc3c(cc2Cl)OCO3)CC1=O. The van der Waals surface area contributed by atoms with E-state index in [1.807, 2.05) is 23.9 Å². The summed E-state index contributed by atoms with van der Waals surface area (Å²) in [6, 6.07) is 3.61. The van der Waals surface area contributed by atoms with Gasteiger partial charge in [-0.2, -0.15) is 0 Å². The van der Waals surface area contributed by atoms with Crippen LogP contribution in [0.2, 0.25) is 5.02 Å². The fraction of sp³-hybridized carbons (Fsp3) is 0.375. The van der Waals surface area contributed by atoms with Gasteiger partial charge >= 0.3 is 0 Å². The molecule has 0 N–H and O–H groups in total. The van der Waals surface area contributed by atoms with Gasteiger partial charge in [-0.25, -0.2) is 4.98 Å². The highest BCUT2D eigenvalue weighted by atomic mass is 35.5. The Bertz CT molecular complexity index is 774. The summed E-state index contributed by atoms with van der Waals surface area (Å²) >= 11 is 6.38. The van der Waals surface area contributed by atoms with Gasteiger partial charge in [-0.1, -0.05) is 11.6 Å². The lowest BCUT2D eigenvalue weighted by atomic mass is 10.1. The van der Waals surface area contributed by atoms with Gasteiger partial charge in [0.2, 0.25) is 12.7 Å². The van der Waals surface area contributed by atoms with Crippen molar-refractivity contribution in [1.29, 1.82) is 0 Å². The number of amides is 1. The molecule has 1 unspecified atom stereocenters. The number of ether oxygens (including phenoxy) is 2. The third kappa shape index (κ3) is 2.53. The first kappa shape index (κ1) is 14.4. The number of fused-ring (bicyclic) bond motifs is 1. The van der Waals surface area contributed by atoms with Crippen LogP contribution < -0.4 is 9.47 Å². The summed E-state index contributed by atoms with van der Waals surface area (Å²) in [6.07, 6.45) is 4.23. The van der Waals surface area contributed by atoms with Crippen molar-refractivity contribution in [3.05, 3.63) is 29.5 Å². The predicted octanol–water partition coefficient (Wildman–Crippen LogP) is 2.41. The van der Waals surface area contributed by atoms with E-state index in [9.17, 15) is 4.79 Å². The molecule has 120 valence electrons. The van der Waals surface area contributed by atoms with Crippen LogP contribution in [0.25, 0.3) is 11.4 Å². The zero-order valence-electron chi connectivity index (χ0n) is 12.7. The van der Waals surface area contributed by atoms with Crippen molar-refractivity contribution >= 4 is 17.5 Å². The lowest BCUT2D eigenvalue weighted by Crippen LogP contribution is -2.20. The van der Waals surface area contributed by atoms with E-state index >= 15 is 0 Å². The zero-order chi connectivity index (χ0) is 16.0. The molecule has 2 aromatic rings. The zero-order valence-corrected chi connectivity index (χ0v) is 13.4. The van der Waals surface area contributed by atoms with Crippen molar-refractivity contribution in [2.24, 2.45) is 5.92 Å². The highest BCUT2D eigenvalue weighted by molar-refractivity contribution is 6.33. The van der Waals surface area contributed by atoms with Crippen molar-refractivity contribution in [2.75, 3.05) is 20.4 Å². The number of benzene rings is 1. The Balaban J connectivity index is 1.64. The van der Waals surface area contributed by atoms with E-state index in [0.29, 0.717) is 22.9 Å². The summed E-state index contributed by atoms with van der Waals surface area (Å²) in [6.45, 7) is 1.71. The summed E-state index contributed by atoms with van der Waals surface area (Å²) in [5, 5.41) is 0.571. The van der Waals surface area contributed by atoms with Gasteiger partial charge in [0, 0.05) is 56.5 Å². The maximum absolute atomic E-state index is 11.7.